The number of aryl methyl sites for hydroxylation is 1. The highest BCUT2D eigenvalue weighted by Gasteiger charge is 2.40. The Bertz CT molecular complexity index is 625. The van der Waals surface area contributed by atoms with Gasteiger partial charge < -0.3 is 9.88 Å². The van der Waals surface area contributed by atoms with Crippen LogP contribution in [0.1, 0.15) is 76.1 Å². The van der Waals surface area contributed by atoms with Gasteiger partial charge in [-0.1, -0.05) is 31.0 Å². The van der Waals surface area contributed by atoms with Crippen molar-refractivity contribution < 1.29 is 4.79 Å². The number of rotatable bonds is 8. The van der Waals surface area contributed by atoms with Crippen molar-refractivity contribution in [2.24, 2.45) is 17.8 Å². The van der Waals surface area contributed by atoms with Crippen LogP contribution in [0.15, 0.2) is 5.16 Å². The molecule has 144 valence electrons. The van der Waals surface area contributed by atoms with Gasteiger partial charge in [-0.2, -0.15) is 0 Å². The lowest BCUT2D eigenvalue weighted by atomic mass is 9.86. The maximum Gasteiger partial charge on any atom is 0.220 e. The zero-order valence-electron chi connectivity index (χ0n) is 16.0. The fraction of sp³-hybridized carbons (Fsp3) is 0.850. The average Bonchev–Trinajstić information content (AvgIpc) is 3.42. The van der Waals surface area contributed by atoms with Crippen molar-refractivity contribution in [2.75, 3.05) is 12.8 Å². The number of thioether (sulfide) groups is 1. The summed E-state index contributed by atoms with van der Waals surface area (Å²) in [7, 11) is 0. The minimum Gasteiger partial charge on any atom is -0.356 e. The van der Waals surface area contributed by atoms with Gasteiger partial charge in [0.2, 0.25) is 5.91 Å². The van der Waals surface area contributed by atoms with Gasteiger partial charge in [-0.15, -0.1) is 10.2 Å². The monoisotopic (exact) mass is 376 g/mol. The SMILES string of the molecule is CSc1nnc(CCCNC(=O)C[C@H]2C[C@H]3CC[C@@H]2C3)n1C1CCCC1. The first-order chi connectivity index (χ1) is 12.7. The average molecular weight is 377 g/mol. The number of carbonyl (C=O) groups is 1. The lowest BCUT2D eigenvalue weighted by molar-refractivity contribution is -0.122. The predicted molar refractivity (Wildman–Crippen MR) is 104 cm³/mol. The van der Waals surface area contributed by atoms with Crippen LogP contribution >= 0.6 is 11.8 Å². The fourth-order valence-electron chi connectivity index (χ4n) is 5.56. The first kappa shape index (κ1) is 18.3. The Morgan fingerprint density at radius 1 is 1.19 bits per heavy atom. The Kier molecular flexibility index (Phi) is 5.87. The van der Waals surface area contributed by atoms with Crippen LogP contribution in [0.5, 0.6) is 0 Å². The Balaban J connectivity index is 1.22. The molecule has 3 aliphatic rings. The highest BCUT2D eigenvalue weighted by Crippen LogP contribution is 2.49. The van der Waals surface area contributed by atoms with Gasteiger partial charge in [-0.3, -0.25) is 4.79 Å². The number of nitrogens with zero attached hydrogens (tertiary/aromatic N) is 3. The van der Waals surface area contributed by atoms with E-state index in [0.717, 1.165) is 48.6 Å². The highest BCUT2D eigenvalue weighted by molar-refractivity contribution is 7.98. The molecule has 5 nitrogen and oxygen atoms in total. The van der Waals surface area contributed by atoms with Crippen molar-refractivity contribution in [3.63, 3.8) is 0 Å². The molecule has 26 heavy (non-hydrogen) atoms. The van der Waals surface area contributed by atoms with Crippen LogP contribution in [0.25, 0.3) is 0 Å². The molecule has 0 aromatic carbocycles. The predicted octanol–water partition coefficient (Wildman–Crippen LogP) is 3.99. The van der Waals surface area contributed by atoms with Crippen LogP contribution < -0.4 is 5.32 Å². The molecule has 6 heteroatoms. The van der Waals surface area contributed by atoms with Crippen LogP contribution in [-0.4, -0.2) is 33.5 Å². The van der Waals surface area contributed by atoms with Crippen molar-refractivity contribution >= 4 is 17.7 Å². The molecule has 3 atom stereocenters. The lowest BCUT2D eigenvalue weighted by Crippen LogP contribution is -2.28. The molecule has 1 amide bonds. The van der Waals surface area contributed by atoms with Gasteiger partial charge in [-0.25, -0.2) is 0 Å². The zero-order chi connectivity index (χ0) is 17.9. The largest absolute Gasteiger partial charge is 0.356 e. The van der Waals surface area contributed by atoms with Crippen LogP contribution in [0.4, 0.5) is 0 Å². The Morgan fingerprint density at radius 3 is 2.73 bits per heavy atom. The number of fused-ring (bicyclic) bond motifs is 2. The van der Waals surface area contributed by atoms with Gasteiger partial charge in [0.25, 0.3) is 0 Å². The highest BCUT2D eigenvalue weighted by atomic mass is 32.2. The van der Waals surface area contributed by atoms with Gasteiger partial charge in [0.15, 0.2) is 5.16 Å². The van der Waals surface area contributed by atoms with Crippen molar-refractivity contribution in [3.05, 3.63) is 5.82 Å². The third kappa shape index (κ3) is 3.95. The summed E-state index contributed by atoms with van der Waals surface area (Å²) in [6.07, 6.45) is 15.2. The Labute approximate surface area is 161 Å². The number of carbonyl (C=O) groups excluding carboxylic acids is 1. The van der Waals surface area contributed by atoms with E-state index in [4.69, 9.17) is 0 Å². The van der Waals surface area contributed by atoms with Gasteiger partial charge in [0, 0.05) is 25.4 Å². The molecule has 0 unspecified atom stereocenters. The van der Waals surface area contributed by atoms with E-state index >= 15 is 0 Å². The molecular formula is C20H32N4OS. The van der Waals surface area contributed by atoms with Gasteiger partial charge in [0.05, 0.1) is 0 Å². The van der Waals surface area contributed by atoms with Crippen molar-refractivity contribution in [2.45, 2.75) is 81.8 Å². The smallest absolute Gasteiger partial charge is 0.220 e. The van der Waals surface area contributed by atoms with Gasteiger partial charge in [-0.05, 0) is 62.5 Å². The van der Waals surface area contributed by atoms with Crippen molar-refractivity contribution in [1.82, 2.24) is 20.1 Å². The van der Waals surface area contributed by atoms with E-state index in [9.17, 15) is 4.79 Å². The number of nitrogens with one attached hydrogen (secondary N) is 1. The fourth-order valence-corrected chi connectivity index (χ4v) is 6.13. The maximum absolute atomic E-state index is 12.3. The summed E-state index contributed by atoms with van der Waals surface area (Å²) < 4.78 is 2.37. The molecule has 1 aromatic heterocycles. The standard InChI is InChI=1S/C20H32N4OS/c1-26-20-23-22-18(24(20)17-5-2-3-6-17)7-4-10-21-19(25)13-16-12-14-8-9-15(16)11-14/h14-17H,2-13H2,1H3,(H,21,25)/t14-,15+,16+/m0/s1. The van der Waals surface area contributed by atoms with Crippen LogP contribution in [0, 0.1) is 17.8 Å². The number of hydrogen-bond donors (Lipinski definition) is 1. The molecule has 3 saturated carbocycles. The van der Waals surface area contributed by atoms with Crippen molar-refractivity contribution in [3.8, 4) is 0 Å². The molecule has 0 radical (unpaired) electrons. The first-order valence-corrected chi connectivity index (χ1v) is 11.7. The van der Waals surface area contributed by atoms with E-state index in [0.29, 0.717) is 12.0 Å². The zero-order valence-corrected chi connectivity index (χ0v) is 16.8. The van der Waals surface area contributed by atoms with Gasteiger partial charge in [0.1, 0.15) is 5.82 Å². The molecule has 0 saturated heterocycles. The molecule has 0 spiro atoms. The quantitative estimate of drug-likeness (QED) is 0.550. The number of aromatic nitrogens is 3. The van der Waals surface area contributed by atoms with E-state index in [2.05, 4.69) is 26.3 Å². The molecule has 0 aliphatic heterocycles. The third-order valence-electron chi connectivity index (χ3n) is 6.84. The minimum atomic E-state index is 0.254. The molecule has 4 rings (SSSR count). The van der Waals surface area contributed by atoms with E-state index < -0.39 is 0 Å². The molecule has 2 bridgehead atoms. The Hall–Kier alpha value is -1.04. The molecule has 3 fully saturated rings. The molecule has 3 aliphatic carbocycles. The number of hydrogen-bond acceptors (Lipinski definition) is 4. The molecule has 1 heterocycles. The second kappa shape index (κ2) is 8.32. The normalized spacial score (nSPS) is 28.1. The maximum atomic E-state index is 12.3. The van der Waals surface area contributed by atoms with Gasteiger partial charge >= 0.3 is 0 Å². The summed E-state index contributed by atoms with van der Waals surface area (Å²) in [5.41, 5.74) is 0. The first-order valence-electron chi connectivity index (χ1n) is 10.5. The molecular weight excluding hydrogens is 344 g/mol. The second-order valence-electron chi connectivity index (χ2n) is 8.50. The summed E-state index contributed by atoms with van der Waals surface area (Å²) in [5, 5.41) is 13.0. The second-order valence-corrected chi connectivity index (χ2v) is 9.28. The summed E-state index contributed by atoms with van der Waals surface area (Å²) >= 11 is 1.69. The third-order valence-corrected chi connectivity index (χ3v) is 7.48. The summed E-state index contributed by atoms with van der Waals surface area (Å²) in [4.78, 5) is 12.3. The molecule has 1 aromatic rings. The summed E-state index contributed by atoms with van der Waals surface area (Å²) in [5.74, 6) is 3.77. The number of amides is 1. The van der Waals surface area contributed by atoms with E-state index in [1.54, 1.807) is 11.8 Å². The van der Waals surface area contributed by atoms with E-state index in [1.807, 2.05) is 0 Å². The van der Waals surface area contributed by atoms with E-state index in [1.165, 1.54) is 51.4 Å². The minimum absolute atomic E-state index is 0.254. The molecule has 1 N–H and O–H groups in total. The van der Waals surface area contributed by atoms with Crippen molar-refractivity contribution in [1.29, 1.82) is 0 Å². The summed E-state index contributed by atoms with van der Waals surface area (Å²) in [6.45, 7) is 0.756. The van der Waals surface area contributed by atoms with Crippen LogP contribution in [-0.2, 0) is 11.2 Å². The Morgan fingerprint density at radius 2 is 2.04 bits per heavy atom. The summed E-state index contributed by atoms with van der Waals surface area (Å²) in [6, 6.07) is 0.579. The lowest BCUT2D eigenvalue weighted by Gasteiger charge is -2.21. The topological polar surface area (TPSA) is 59.8 Å². The van der Waals surface area contributed by atoms with E-state index in [-0.39, 0.29) is 5.91 Å². The van der Waals surface area contributed by atoms with Crippen LogP contribution in [0.2, 0.25) is 0 Å². The van der Waals surface area contributed by atoms with Crippen LogP contribution in [0.3, 0.4) is 0 Å².